The van der Waals surface area contributed by atoms with Crippen LogP contribution in [0.15, 0.2) is 60.0 Å². The van der Waals surface area contributed by atoms with E-state index in [1.54, 1.807) is 23.5 Å². The van der Waals surface area contributed by atoms with Crippen LogP contribution in [-0.4, -0.2) is 12.5 Å². The summed E-state index contributed by atoms with van der Waals surface area (Å²) in [4.78, 5) is 13.4. The zero-order valence-corrected chi connectivity index (χ0v) is 15.5. The zero-order valence-electron chi connectivity index (χ0n) is 14.7. The van der Waals surface area contributed by atoms with Crippen LogP contribution in [0.3, 0.4) is 0 Å². The summed E-state index contributed by atoms with van der Waals surface area (Å²) in [6, 6.07) is 15.5. The van der Waals surface area contributed by atoms with E-state index in [0.29, 0.717) is 5.75 Å². The third-order valence-corrected chi connectivity index (χ3v) is 4.96. The fourth-order valence-electron chi connectivity index (χ4n) is 2.74. The molecule has 0 unspecified atom stereocenters. The number of hydrogen-bond donors (Lipinski definition) is 1. The monoisotopic (exact) mass is 369 g/mol. The first-order valence-electron chi connectivity index (χ1n) is 8.31. The van der Waals surface area contributed by atoms with Gasteiger partial charge in [0.25, 0.3) is 5.91 Å². The molecule has 0 aliphatic carbocycles. The van der Waals surface area contributed by atoms with Crippen molar-refractivity contribution in [3.63, 3.8) is 0 Å². The van der Waals surface area contributed by atoms with E-state index in [1.807, 2.05) is 49.6 Å². The van der Waals surface area contributed by atoms with Crippen molar-refractivity contribution in [2.24, 2.45) is 0 Å². The van der Waals surface area contributed by atoms with Gasteiger partial charge in [0, 0.05) is 4.88 Å². The first-order valence-corrected chi connectivity index (χ1v) is 9.19. The summed E-state index contributed by atoms with van der Waals surface area (Å²) in [6.45, 7) is 3.89. The van der Waals surface area contributed by atoms with Gasteiger partial charge in [-0.3, -0.25) is 4.79 Å². The number of aryl methyl sites for hydroxylation is 2. The van der Waals surface area contributed by atoms with Crippen LogP contribution >= 0.6 is 11.3 Å². The van der Waals surface area contributed by atoms with Crippen LogP contribution in [0.4, 0.5) is 4.39 Å². The van der Waals surface area contributed by atoms with Gasteiger partial charge in [0.2, 0.25) is 0 Å². The van der Waals surface area contributed by atoms with E-state index in [2.05, 4.69) is 5.32 Å². The number of carbonyl (C=O) groups excluding carboxylic acids is 1. The van der Waals surface area contributed by atoms with Gasteiger partial charge in [-0.2, -0.15) is 0 Å². The highest BCUT2D eigenvalue weighted by Crippen LogP contribution is 2.26. The molecule has 3 rings (SSSR count). The van der Waals surface area contributed by atoms with Crippen molar-refractivity contribution in [3.05, 3.63) is 87.4 Å². The molecule has 1 aromatic heterocycles. The molecule has 0 bridgehead atoms. The van der Waals surface area contributed by atoms with Gasteiger partial charge in [-0.05, 0) is 54.6 Å². The van der Waals surface area contributed by atoms with E-state index in [4.69, 9.17) is 4.74 Å². The van der Waals surface area contributed by atoms with Gasteiger partial charge in [-0.25, -0.2) is 4.39 Å². The Bertz CT molecular complexity index is 876. The van der Waals surface area contributed by atoms with Crippen LogP contribution in [0.2, 0.25) is 0 Å². The number of hydrogen-bond acceptors (Lipinski definition) is 3. The van der Waals surface area contributed by atoms with Crippen LogP contribution < -0.4 is 10.1 Å². The molecule has 1 heterocycles. The predicted molar refractivity (Wildman–Crippen MR) is 102 cm³/mol. The second-order valence-corrected chi connectivity index (χ2v) is 7.10. The molecule has 5 heteroatoms. The third-order valence-electron chi connectivity index (χ3n) is 4.03. The maximum atomic E-state index is 13.2. The number of thiophene rings is 1. The Balaban J connectivity index is 1.70. The van der Waals surface area contributed by atoms with Crippen LogP contribution in [0, 0.1) is 19.7 Å². The van der Waals surface area contributed by atoms with E-state index in [9.17, 15) is 9.18 Å². The van der Waals surface area contributed by atoms with E-state index >= 15 is 0 Å². The van der Waals surface area contributed by atoms with Crippen molar-refractivity contribution in [2.45, 2.75) is 19.9 Å². The molecule has 1 amide bonds. The molecule has 2 aromatic carbocycles. The minimum absolute atomic E-state index is 0.0764. The highest BCUT2D eigenvalue weighted by Gasteiger charge is 2.18. The Kier molecular flexibility index (Phi) is 5.68. The fourth-order valence-corrected chi connectivity index (χ4v) is 3.54. The quantitative estimate of drug-likeness (QED) is 0.678. The second kappa shape index (κ2) is 8.15. The summed E-state index contributed by atoms with van der Waals surface area (Å²) in [5.74, 6) is 0.163. The summed E-state index contributed by atoms with van der Waals surface area (Å²) in [6.07, 6.45) is 0. The molecular weight excluding hydrogens is 349 g/mol. The fraction of sp³-hybridized carbons (Fsp3) is 0.190. The van der Waals surface area contributed by atoms with Crippen molar-refractivity contribution in [2.75, 3.05) is 6.61 Å². The predicted octanol–water partition coefficient (Wildman–Crippen LogP) is 4.79. The average molecular weight is 369 g/mol. The van der Waals surface area contributed by atoms with Crippen LogP contribution in [0.1, 0.15) is 27.6 Å². The lowest BCUT2D eigenvalue weighted by atomic mass is 10.1. The third kappa shape index (κ3) is 4.49. The van der Waals surface area contributed by atoms with Gasteiger partial charge in [0.1, 0.15) is 11.6 Å². The summed E-state index contributed by atoms with van der Waals surface area (Å²) in [5, 5.41) is 4.93. The number of amides is 1. The minimum Gasteiger partial charge on any atom is -0.484 e. The van der Waals surface area contributed by atoms with Gasteiger partial charge in [0.05, 0.1) is 6.04 Å². The van der Waals surface area contributed by atoms with Gasteiger partial charge in [-0.1, -0.05) is 35.9 Å². The molecule has 1 N–H and O–H groups in total. The molecule has 0 saturated carbocycles. The molecule has 0 saturated heterocycles. The van der Waals surface area contributed by atoms with E-state index in [-0.39, 0.29) is 24.4 Å². The van der Waals surface area contributed by atoms with Gasteiger partial charge < -0.3 is 10.1 Å². The van der Waals surface area contributed by atoms with Crippen LogP contribution in [-0.2, 0) is 4.79 Å². The zero-order chi connectivity index (χ0) is 18.5. The van der Waals surface area contributed by atoms with E-state index in [1.165, 1.54) is 12.1 Å². The Morgan fingerprint density at radius 1 is 1.15 bits per heavy atom. The number of ether oxygens (including phenoxy) is 1. The number of carbonyl (C=O) groups is 1. The van der Waals surface area contributed by atoms with Crippen LogP contribution in [0.25, 0.3) is 0 Å². The average Bonchev–Trinajstić information content (AvgIpc) is 3.14. The number of benzene rings is 2. The smallest absolute Gasteiger partial charge is 0.258 e. The Labute approximate surface area is 156 Å². The number of halogens is 1. The molecule has 0 aliphatic rings. The molecular formula is C21H20FNO2S. The minimum atomic E-state index is -0.328. The second-order valence-electron chi connectivity index (χ2n) is 6.13. The lowest BCUT2D eigenvalue weighted by Gasteiger charge is -2.18. The summed E-state index contributed by atoms with van der Waals surface area (Å²) >= 11 is 1.54. The Morgan fingerprint density at radius 3 is 2.58 bits per heavy atom. The number of rotatable bonds is 6. The van der Waals surface area contributed by atoms with Crippen molar-refractivity contribution in [1.82, 2.24) is 5.32 Å². The lowest BCUT2D eigenvalue weighted by Crippen LogP contribution is -2.33. The molecule has 0 fully saturated rings. The van der Waals surface area contributed by atoms with Crippen molar-refractivity contribution in [3.8, 4) is 5.75 Å². The molecule has 134 valence electrons. The highest BCUT2D eigenvalue weighted by molar-refractivity contribution is 7.10. The van der Waals surface area contributed by atoms with Crippen molar-refractivity contribution in [1.29, 1.82) is 0 Å². The molecule has 1 atom stereocenters. The topological polar surface area (TPSA) is 38.3 Å². The summed E-state index contributed by atoms with van der Waals surface area (Å²) < 4.78 is 18.9. The molecule has 0 spiro atoms. The Hall–Kier alpha value is -2.66. The van der Waals surface area contributed by atoms with Crippen LogP contribution in [0.5, 0.6) is 5.75 Å². The molecule has 3 nitrogen and oxygen atoms in total. The van der Waals surface area contributed by atoms with E-state index < -0.39 is 0 Å². The van der Waals surface area contributed by atoms with Gasteiger partial charge >= 0.3 is 0 Å². The van der Waals surface area contributed by atoms with E-state index in [0.717, 1.165) is 21.6 Å². The molecule has 0 radical (unpaired) electrons. The lowest BCUT2D eigenvalue weighted by molar-refractivity contribution is -0.123. The van der Waals surface area contributed by atoms with Crippen molar-refractivity contribution >= 4 is 17.2 Å². The highest BCUT2D eigenvalue weighted by atomic mass is 32.1. The molecule has 0 aliphatic heterocycles. The maximum absolute atomic E-state index is 13.2. The first-order chi connectivity index (χ1) is 12.5. The largest absolute Gasteiger partial charge is 0.484 e. The summed E-state index contributed by atoms with van der Waals surface area (Å²) in [5.41, 5.74) is 2.97. The Morgan fingerprint density at radius 2 is 1.92 bits per heavy atom. The summed E-state index contributed by atoms with van der Waals surface area (Å²) in [7, 11) is 0. The SMILES string of the molecule is Cc1ccc(OCC(=O)N[C@@H](c2ccc(F)cc2)c2cccs2)c(C)c1. The maximum Gasteiger partial charge on any atom is 0.258 e. The normalized spacial score (nSPS) is 11.8. The van der Waals surface area contributed by atoms with Gasteiger partial charge in [-0.15, -0.1) is 11.3 Å². The van der Waals surface area contributed by atoms with Gasteiger partial charge in [0.15, 0.2) is 6.61 Å². The molecule has 3 aromatic rings. The van der Waals surface area contributed by atoms with Crippen molar-refractivity contribution < 1.29 is 13.9 Å². The standard InChI is InChI=1S/C21H20FNO2S/c1-14-5-10-18(15(2)12-14)25-13-20(24)23-21(19-4-3-11-26-19)16-6-8-17(22)9-7-16/h3-12,21H,13H2,1-2H3,(H,23,24)/t21-/m0/s1. The molecule has 26 heavy (non-hydrogen) atoms. The number of nitrogens with one attached hydrogen (secondary N) is 1. The first kappa shape index (κ1) is 18.1.